The SMILES string of the molecule is CC(=O)N1c2ccc(-c3cnn(C4CCNCC4)c3)c(OCC(=O)N(C)C)c2CCC1C. The first-order valence-corrected chi connectivity index (χ1v) is 11.4. The van der Waals surface area contributed by atoms with Crippen LogP contribution in [-0.4, -0.2) is 66.3 Å². The first-order chi connectivity index (χ1) is 15.4. The molecule has 32 heavy (non-hydrogen) atoms. The molecule has 2 aliphatic rings. The molecule has 8 heteroatoms. The Labute approximate surface area is 189 Å². The predicted molar refractivity (Wildman–Crippen MR) is 124 cm³/mol. The van der Waals surface area contributed by atoms with Gasteiger partial charge in [0.2, 0.25) is 5.91 Å². The number of carbonyl (C=O) groups excluding carboxylic acids is 2. The van der Waals surface area contributed by atoms with Gasteiger partial charge in [-0.3, -0.25) is 14.3 Å². The van der Waals surface area contributed by atoms with Crippen molar-refractivity contribution in [1.82, 2.24) is 20.0 Å². The lowest BCUT2D eigenvalue weighted by Gasteiger charge is -2.36. The molecule has 1 aromatic carbocycles. The number of piperidine rings is 1. The summed E-state index contributed by atoms with van der Waals surface area (Å²) in [4.78, 5) is 28.0. The van der Waals surface area contributed by atoms with Crippen LogP contribution in [0.2, 0.25) is 0 Å². The number of amides is 2. The third-order valence-electron chi connectivity index (χ3n) is 6.52. The summed E-state index contributed by atoms with van der Waals surface area (Å²) < 4.78 is 8.20. The number of likely N-dealkylation sites (N-methyl/N-ethyl adjacent to an activating group) is 1. The molecule has 0 saturated carbocycles. The summed E-state index contributed by atoms with van der Waals surface area (Å²) in [5.41, 5.74) is 3.73. The molecule has 1 N–H and O–H groups in total. The van der Waals surface area contributed by atoms with Crippen LogP contribution in [0.4, 0.5) is 5.69 Å². The van der Waals surface area contributed by atoms with E-state index in [1.807, 2.05) is 27.9 Å². The van der Waals surface area contributed by atoms with E-state index < -0.39 is 0 Å². The molecular weight excluding hydrogens is 406 g/mol. The quantitative estimate of drug-likeness (QED) is 0.775. The minimum atomic E-state index is -0.105. The summed E-state index contributed by atoms with van der Waals surface area (Å²) in [6.07, 6.45) is 7.70. The summed E-state index contributed by atoms with van der Waals surface area (Å²) in [5, 5.41) is 8.03. The lowest BCUT2D eigenvalue weighted by atomic mass is 9.92. The first-order valence-electron chi connectivity index (χ1n) is 11.4. The predicted octanol–water partition coefficient (Wildman–Crippen LogP) is 2.63. The third kappa shape index (κ3) is 4.37. The second kappa shape index (κ2) is 9.32. The molecule has 1 fully saturated rings. The average Bonchev–Trinajstić information content (AvgIpc) is 3.27. The van der Waals surface area contributed by atoms with Crippen molar-refractivity contribution < 1.29 is 14.3 Å². The number of hydrogen-bond acceptors (Lipinski definition) is 5. The Balaban J connectivity index is 1.74. The van der Waals surface area contributed by atoms with E-state index in [1.54, 1.807) is 21.0 Å². The zero-order chi connectivity index (χ0) is 22.8. The zero-order valence-electron chi connectivity index (χ0n) is 19.4. The first kappa shape index (κ1) is 22.3. The van der Waals surface area contributed by atoms with Gasteiger partial charge in [-0.05, 0) is 57.8 Å². The molecule has 0 bridgehead atoms. The zero-order valence-corrected chi connectivity index (χ0v) is 19.4. The maximum Gasteiger partial charge on any atom is 0.259 e. The molecule has 0 aliphatic carbocycles. The van der Waals surface area contributed by atoms with Gasteiger partial charge in [0, 0.05) is 49.9 Å². The summed E-state index contributed by atoms with van der Waals surface area (Å²) in [6.45, 7) is 5.61. The molecule has 2 aromatic rings. The molecule has 0 radical (unpaired) electrons. The van der Waals surface area contributed by atoms with Gasteiger partial charge < -0.3 is 19.9 Å². The topological polar surface area (TPSA) is 79.7 Å². The van der Waals surface area contributed by atoms with E-state index in [0.29, 0.717) is 11.8 Å². The van der Waals surface area contributed by atoms with Crippen LogP contribution in [0.15, 0.2) is 24.5 Å². The van der Waals surface area contributed by atoms with Gasteiger partial charge in [-0.2, -0.15) is 5.10 Å². The Morgan fingerprint density at radius 2 is 1.97 bits per heavy atom. The van der Waals surface area contributed by atoms with Crippen molar-refractivity contribution in [3.05, 3.63) is 30.1 Å². The summed E-state index contributed by atoms with van der Waals surface area (Å²) >= 11 is 0. The Morgan fingerprint density at radius 1 is 1.22 bits per heavy atom. The molecule has 8 nitrogen and oxygen atoms in total. The molecule has 0 spiro atoms. The monoisotopic (exact) mass is 439 g/mol. The van der Waals surface area contributed by atoms with Crippen LogP contribution in [0, 0.1) is 0 Å². The largest absolute Gasteiger partial charge is 0.483 e. The summed E-state index contributed by atoms with van der Waals surface area (Å²) in [5.74, 6) is 0.590. The molecule has 172 valence electrons. The fourth-order valence-corrected chi connectivity index (χ4v) is 4.69. The van der Waals surface area contributed by atoms with Gasteiger partial charge in [-0.15, -0.1) is 0 Å². The minimum absolute atomic E-state index is 0.0141. The van der Waals surface area contributed by atoms with E-state index in [0.717, 1.165) is 61.2 Å². The maximum absolute atomic E-state index is 12.4. The fraction of sp³-hybridized carbons (Fsp3) is 0.542. The van der Waals surface area contributed by atoms with E-state index in [1.165, 1.54) is 4.90 Å². The number of ether oxygens (including phenoxy) is 1. The maximum atomic E-state index is 12.4. The van der Waals surface area contributed by atoms with Gasteiger partial charge in [0.15, 0.2) is 6.61 Å². The van der Waals surface area contributed by atoms with Gasteiger partial charge in [0.25, 0.3) is 5.91 Å². The molecule has 1 saturated heterocycles. The molecule has 3 heterocycles. The van der Waals surface area contributed by atoms with Crippen LogP contribution in [-0.2, 0) is 16.0 Å². The van der Waals surface area contributed by atoms with E-state index >= 15 is 0 Å². The highest BCUT2D eigenvalue weighted by molar-refractivity contribution is 5.95. The summed E-state index contributed by atoms with van der Waals surface area (Å²) in [7, 11) is 3.44. The highest BCUT2D eigenvalue weighted by Crippen LogP contribution is 2.43. The normalized spacial score (nSPS) is 18.9. The smallest absolute Gasteiger partial charge is 0.259 e. The van der Waals surface area contributed by atoms with E-state index in [4.69, 9.17) is 4.74 Å². The van der Waals surface area contributed by atoms with Crippen molar-refractivity contribution in [3.8, 4) is 16.9 Å². The number of fused-ring (bicyclic) bond motifs is 1. The Hall–Kier alpha value is -2.87. The third-order valence-corrected chi connectivity index (χ3v) is 6.52. The number of nitrogens with zero attached hydrogens (tertiary/aromatic N) is 4. The van der Waals surface area contributed by atoms with E-state index in [2.05, 4.69) is 23.5 Å². The van der Waals surface area contributed by atoms with Gasteiger partial charge in [0.05, 0.1) is 17.9 Å². The molecule has 1 atom stereocenters. The van der Waals surface area contributed by atoms with Crippen molar-refractivity contribution in [3.63, 3.8) is 0 Å². The van der Waals surface area contributed by atoms with Crippen LogP contribution in [0.1, 0.15) is 44.7 Å². The number of benzene rings is 1. The van der Waals surface area contributed by atoms with E-state index in [9.17, 15) is 9.59 Å². The second-order valence-electron chi connectivity index (χ2n) is 8.98. The van der Waals surface area contributed by atoms with Gasteiger partial charge in [-0.25, -0.2) is 0 Å². The molecular formula is C24H33N5O3. The fourth-order valence-electron chi connectivity index (χ4n) is 4.69. The Bertz CT molecular complexity index is 994. The van der Waals surface area contributed by atoms with Crippen molar-refractivity contribution in [1.29, 1.82) is 0 Å². The van der Waals surface area contributed by atoms with Gasteiger partial charge >= 0.3 is 0 Å². The molecule has 1 aromatic heterocycles. The number of anilines is 1. The Morgan fingerprint density at radius 3 is 2.66 bits per heavy atom. The number of hydrogen-bond donors (Lipinski definition) is 1. The highest BCUT2D eigenvalue weighted by Gasteiger charge is 2.30. The highest BCUT2D eigenvalue weighted by atomic mass is 16.5. The van der Waals surface area contributed by atoms with Gasteiger partial charge in [-0.1, -0.05) is 0 Å². The molecule has 1 unspecified atom stereocenters. The number of rotatable bonds is 5. The van der Waals surface area contributed by atoms with Crippen LogP contribution >= 0.6 is 0 Å². The number of aromatic nitrogens is 2. The lowest BCUT2D eigenvalue weighted by Crippen LogP contribution is -2.41. The average molecular weight is 440 g/mol. The van der Waals surface area contributed by atoms with Crippen molar-refractivity contribution in [2.45, 2.75) is 51.6 Å². The van der Waals surface area contributed by atoms with Crippen LogP contribution in [0.3, 0.4) is 0 Å². The number of carbonyl (C=O) groups is 2. The second-order valence-corrected chi connectivity index (χ2v) is 8.98. The van der Waals surface area contributed by atoms with Crippen molar-refractivity contribution in [2.24, 2.45) is 0 Å². The molecule has 2 amide bonds. The Kier molecular flexibility index (Phi) is 6.50. The van der Waals surface area contributed by atoms with E-state index in [-0.39, 0.29) is 24.5 Å². The minimum Gasteiger partial charge on any atom is -0.483 e. The van der Waals surface area contributed by atoms with Crippen LogP contribution < -0.4 is 15.0 Å². The molecule has 2 aliphatic heterocycles. The lowest BCUT2D eigenvalue weighted by molar-refractivity contribution is -0.130. The van der Waals surface area contributed by atoms with Crippen LogP contribution in [0.5, 0.6) is 5.75 Å². The van der Waals surface area contributed by atoms with Crippen molar-refractivity contribution in [2.75, 3.05) is 38.7 Å². The van der Waals surface area contributed by atoms with Crippen molar-refractivity contribution >= 4 is 17.5 Å². The van der Waals surface area contributed by atoms with Gasteiger partial charge in [0.1, 0.15) is 5.75 Å². The number of nitrogens with one attached hydrogen (secondary N) is 1. The summed E-state index contributed by atoms with van der Waals surface area (Å²) in [6, 6.07) is 4.51. The molecule has 4 rings (SSSR count). The van der Waals surface area contributed by atoms with Crippen LogP contribution in [0.25, 0.3) is 11.1 Å². The standard InChI is InChI=1S/C24H33N5O3/c1-16-5-6-21-22(29(16)17(2)30)8-7-20(24(21)32-15-23(31)27(3)4)18-13-26-28(14-18)19-9-11-25-12-10-19/h7-8,13-14,16,19,25H,5-6,9-12,15H2,1-4H3.